The summed E-state index contributed by atoms with van der Waals surface area (Å²) in [6.45, 7) is 2.70. The average Bonchev–Trinajstić information content (AvgIpc) is 3.17. The quantitative estimate of drug-likeness (QED) is 0.671. The number of aromatic nitrogens is 1. The van der Waals surface area contributed by atoms with E-state index >= 15 is 0 Å². The first-order chi connectivity index (χ1) is 14.5. The van der Waals surface area contributed by atoms with Crippen LogP contribution in [0.2, 0.25) is 0 Å². The maximum absolute atomic E-state index is 13.7. The maximum atomic E-state index is 13.7. The van der Waals surface area contributed by atoms with Gasteiger partial charge in [0.25, 0.3) is 0 Å². The van der Waals surface area contributed by atoms with Gasteiger partial charge in [0.1, 0.15) is 5.82 Å². The molecule has 2 aromatic carbocycles. The van der Waals surface area contributed by atoms with Crippen molar-refractivity contribution in [3.05, 3.63) is 59.7 Å². The van der Waals surface area contributed by atoms with Crippen LogP contribution in [-0.4, -0.2) is 27.9 Å². The van der Waals surface area contributed by atoms with Crippen LogP contribution in [0.25, 0.3) is 10.9 Å². The average molecular weight is 402 g/mol. The number of urea groups is 1. The smallest absolute Gasteiger partial charge is 0.330 e. The van der Waals surface area contributed by atoms with Gasteiger partial charge in [-0.25, -0.2) is 9.69 Å². The predicted octanol–water partition coefficient (Wildman–Crippen LogP) is 4.59. The zero-order chi connectivity index (χ0) is 20.8. The van der Waals surface area contributed by atoms with Gasteiger partial charge in [-0.05, 0) is 61.9 Å². The summed E-state index contributed by atoms with van der Waals surface area (Å²) in [6.07, 6.45) is 3.11. The normalized spacial score (nSPS) is 21.7. The fourth-order valence-corrected chi connectivity index (χ4v) is 4.94. The number of para-hydroxylation sites is 1. The topological polar surface area (TPSA) is 82.4 Å². The number of carbonyl (C=O) groups is 2. The first kappa shape index (κ1) is 18.7. The van der Waals surface area contributed by atoms with Crippen LogP contribution in [0.4, 0.5) is 16.3 Å². The Morgan fingerprint density at radius 1 is 1.07 bits per heavy atom. The zero-order valence-electron chi connectivity index (χ0n) is 17.1. The third kappa shape index (κ3) is 3.03. The van der Waals surface area contributed by atoms with Gasteiger partial charge in [0.05, 0.1) is 12.2 Å². The van der Waals surface area contributed by atoms with Crippen molar-refractivity contribution >= 4 is 34.3 Å². The highest BCUT2D eigenvalue weighted by Crippen LogP contribution is 2.40. The molecule has 3 N–H and O–H groups in total. The summed E-state index contributed by atoms with van der Waals surface area (Å²) < 4.78 is 0. The molecule has 3 aromatic rings. The molecule has 1 aliphatic heterocycles. The van der Waals surface area contributed by atoms with Crippen molar-refractivity contribution in [1.82, 2.24) is 9.88 Å². The van der Waals surface area contributed by atoms with Gasteiger partial charge in [0, 0.05) is 22.9 Å². The number of hydrogen-bond acceptors (Lipinski definition) is 2. The van der Waals surface area contributed by atoms with E-state index < -0.39 is 0 Å². The minimum atomic E-state index is -0.223. The second kappa shape index (κ2) is 7.20. The summed E-state index contributed by atoms with van der Waals surface area (Å²) in [5, 5.41) is 1.08. The molecule has 0 unspecified atom stereocenters. The third-order valence-electron chi connectivity index (χ3n) is 6.69. The molecule has 0 spiro atoms. The number of aromatic amines is 1. The van der Waals surface area contributed by atoms with E-state index in [9.17, 15) is 9.59 Å². The molecule has 0 atom stereocenters. The molecule has 6 heteroatoms. The highest BCUT2D eigenvalue weighted by atomic mass is 16.2. The summed E-state index contributed by atoms with van der Waals surface area (Å²) in [7, 11) is 0. The number of rotatable bonds is 3. The van der Waals surface area contributed by atoms with E-state index in [4.69, 9.17) is 5.73 Å². The lowest BCUT2D eigenvalue weighted by Gasteiger charge is -2.43. The van der Waals surface area contributed by atoms with Gasteiger partial charge >= 0.3 is 6.03 Å². The van der Waals surface area contributed by atoms with Crippen molar-refractivity contribution in [2.45, 2.75) is 45.2 Å². The molecule has 0 radical (unpaired) electrons. The SMILES string of the molecule is Cc1cccc2c1CN(C1CCC(C(N)=O)CC1)C(=O)N2c1cc2ccccc2[nH]1. The molecule has 30 heavy (non-hydrogen) atoms. The van der Waals surface area contributed by atoms with Crippen LogP contribution in [0, 0.1) is 12.8 Å². The second-order valence-corrected chi connectivity index (χ2v) is 8.47. The maximum Gasteiger partial charge on any atom is 0.330 e. The van der Waals surface area contributed by atoms with Crippen LogP contribution in [-0.2, 0) is 11.3 Å². The Hall–Kier alpha value is -3.28. The number of benzene rings is 2. The van der Waals surface area contributed by atoms with Crippen LogP contribution < -0.4 is 10.6 Å². The first-order valence-corrected chi connectivity index (χ1v) is 10.6. The van der Waals surface area contributed by atoms with Crippen LogP contribution in [0.5, 0.6) is 0 Å². The Labute approximate surface area is 175 Å². The molecule has 0 saturated heterocycles. The van der Waals surface area contributed by atoms with Crippen molar-refractivity contribution in [3.8, 4) is 0 Å². The van der Waals surface area contributed by atoms with Crippen molar-refractivity contribution in [2.24, 2.45) is 11.7 Å². The van der Waals surface area contributed by atoms with E-state index in [1.807, 2.05) is 52.3 Å². The number of nitrogens with one attached hydrogen (secondary N) is 1. The van der Waals surface area contributed by atoms with E-state index in [1.165, 1.54) is 11.1 Å². The molecule has 1 fully saturated rings. The Balaban J connectivity index is 1.54. The number of H-pyrrole nitrogens is 1. The highest BCUT2D eigenvalue weighted by molar-refractivity contribution is 6.03. The van der Waals surface area contributed by atoms with Crippen LogP contribution in [0.15, 0.2) is 48.5 Å². The second-order valence-electron chi connectivity index (χ2n) is 8.47. The standard InChI is InChI=1S/C24H26N4O2/c1-15-5-4-8-21-19(15)14-27(18-11-9-16(10-12-18)23(25)29)24(30)28(21)22-13-17-6-2-3-7-20(17)26-22/h2-8,13,16,18,26H,9-12,14H2,1H3,(H2,25,29). The molecule has 5 rings (SSSR count). The van der Waals surface area contributed by atoms with Crippen molar-refractivity contribution in [1.29, 1.82) is 0 Å². The number of anilines is 2. The number of fused-ring (bicyclic) bond motifs is 2. The minimum absolute atomic E-state index is 0.0119. The molecular weight excluding hydrogens is 376 g/mol. The zero-order valence-corrected chi connectivity index (χ0v) is 17.1. The lowest BCUT2D eigenvalue weighted by molar-refractivity contribution is -0.123. The summed E-state index contributed by atoms with van der Waals surface area (Å²) >= 11 is 0. The Morgan fingerprint density at radius 2 is 1.83 bits per heavy atom. The molecule has 2 heterocycles. The fourth-order valence-electron chi connectivity index (χ4n) is 4.94. The summed E-state index contributed by atoms with van der Waals surface area (Å²) in [5.74, 6) is 0.489. The van der Waals surface area contributed by atoms with Gasteiger partial charge in [-0.3, -0.25) is 4.79 Å². The number of aryl methyl sites for hydroxylation is 1. The molecule has 154 valence electrons. The number of nitrogens with two attached hydrogens (primary N) is 1. The highest BCUT2D eigenvalue weighted by Gasteiger charge is 2.38. The third-order valence-corrected chi connectivity index (χ3v) is 6.69. The monoisotopic (exact) mass is 402 g/mol. The number of carbonyl (C=O) groups excluding carboxylic acids is 2. The lowest BCUT2D eigenvalue weighted by atomic mass is 9.84. The summed E-state index contributed by atoms with van der Waals surface area (Å²) in [5.41, 5.74) is 9.80. The largest absolute Gasteiger partial charge is 0.369 e. The number of nitrogens with zero attached hydrogens (tertiary/aromatic N) is 2. The van der Waals surface area contributed by atoms with Crippen molar-refractivity contribution in [2.75, 3.05) is 4.90 Å². The van der Waals surface area contributed by atoms with Crippen LogP contribution in [0.3, 0.4) is 0 Å². The number of hydrogen-bond donors (Lipinski definition) is 2. The Kier molecular flexibility index (Phi) is 4.50. The van der Waals surface area contributed by atoms with Gasteiger partial charge in [0.2, 0.25) is 5.91 Å². The minimum Gasteiger partial charge on any atom is -0.369 e. The van der Waals surface area contributed by atoms with E-state index in [-0.39, 0.29) is 23.9 Å². The van der Waals surface area contributed by atoms with Crippen molar-refractivity contribution < 1.29 is 9.59 Å². The van der Waals surface area contributed by atoms with Gasteiger partial charge in [-0.2, -0.15) is 0 Å². The van der Waals surface area contributed by atoms with Gasteiger partial charge in [-0.15, -0.1) is 0 Å². The molecule has 1 aliphatic carbocycles. The molecular formula is C24H26N4O2. The predicted molar refractivity (Wildman–Crippen MR) is 117 cm³/mol. The Morgan fingerprint density at radius 3 is 2.57 bits per heavy atom. The Bertz CT molecular complexity index is 1090. The van der Waals surface area contributed by atoms with E-state index in [1.54, 1.807) is 0 Å². The molecule has 6 nitrogen and oxygen atoms in total. The summed E-state index contributed by atoms with van der Waals surface area (Å²) in [4.78, 5) is 32.5. The molecule has 0 bridgehead atoms. The molecule has 1 saturated carbocycles. The van der Waals surface area contributed by atoms with Crippen LogP contribution >= 0.6 is 0 Å². The molecule has 3 amide bonds. The molecule has 1 aromatic heterocycles. The van der Waals surface area contributed by atoms with Crippen molar-refractivity contribution in [3.63, 3.8) is 0 Å². The van der Waals surface area contributed by atoms with Gasteiger partial charge in [-0.1, -0.05) is 30.3 Å². The van der Waals surface area contributed by atoms with Gasteiger partial charge < -0.3 is 15.6 Å². The fraction of sp³-hybridized carbons (Fsp3) is 0.333. The van der Waals surface area contributed by atoms with Crippen LogP contribution in [0.1, 0.15) is 36.8 Å². The number of primary amides is 1. The first-order valence-electron chi connectivity index (χ1n) is 10.6. The van der Waals surface area contributed by atoms with E-state index in [0.717, 1.165) is 48.1 Å². The summed E-state index contributed by atoms with van der Waals surface area (Å²) in [6, 6.07) is 16.3. The molecule has 2 aliphatic rings. The lowest BCUT2D eigenvalue weighted by Crippen LogP contribution is -2.51. The van der Waals surface area contributed by atoms with E-state index in [0.29, 0.717) is 6.54 Å². The van der Waals surface area contributed by atoms with Gasteiger partial charge in [0.15, 0.2) is 0 Å². The van der Waals surface area contributed by atoms with E-state index in [2.05, 4.69) is 18.0 Å². The number of amides is 3.